The highest BCUT2D eigenvalue weighted by Gasteiger charge is 2.32. The fourth-order valence-electron chi connectivity index (χ4n) is 2.30. The molecule has 0 saturated heterocycles. The summed E-state index contributed by atoms with van der Waals surface area (Å²) in [5, 5.41) is 0. The second-order valence-corrected chi connectivity index (χ2v) is 5.45. The Bertz CT molecular complexity index is 358. The Balaban J connectivity index is 2.79. The van der Waals surface area contributed by atoms with E-state index in [9.17, 15) is 0 Å². The van der Waals surface area contributed by atoms with Gasteiger partial charge in [-0.3, -0.25) is 0 Å². The van der Waals surface area contributed by atoms with Crippen LogP contribution in [0.15, 0.2) is 12.4 Å². The lowest BCUT2D eigenvalue weighted by atomic mass is 9.86. The van der Waals surface area contributed by atoms with E-state index in [1.807, 2.05) is 12.4 Å². The molecule has 0 aliphatic rings. The van der Waals surface area contributed by atoms with Crippen LogP contribution in [0, 0.1) is 0 Å². The Labute approximate surface area is 111 Å². The lowest BCUT2D eigenvalue weighted by molar-refractivity contribution is 0.130. The molecule has 4 heteroatoms. The molecular weight excluding hydrogens is 224 g/mol. The van der Waals surface area contributed by atoms with Crippen LogP contribution in [0.25, 0.3) is 0 Å². The van der Waals surface area contributed by atoms with Crippen LogP contribution in [-0.2, 0) is 13.0 Å². The number of imidazole rings is 1. The van der Waals surface area contributed by atoms with Gasteiger partial charge in [0, 0.05) is 36.9 Å². The molecule has 2 atom stereocenters. The summed E-state index contributed by atoms with van der Waals surface area (Å²) >= 11 is 0. The largest absolute Gasteiger partial charge is 0.335 e. The Kier molecular flexibility index (Phi) is 5.35. The summed E-state index contributed by atoms with van der Waals surface area (Å²) in [6.07, 6.45) is 6.91. The summed E-state index contributed by atoms with van der Waals surface area (Å²) in [5.74, 6) is 1.10. The summed E-state index contributed by atoms with van der Waals surface area (Å²) in [7, 11) is 4.20. The quantitative estimate of drug-likeness (QED) is 0.806. The van der Waals surface area contributed by atoms with Crippen molar-refractivity contribution in [3.8, 4) is 0 Å². The maximum Gasteiger partial charge on any atom is 0.110 e. The summed E-state index contributed by atoms with van der Waals surface area (Å²) in [5.41, 5.74) is 6.44. The van der Waals surface area contributed by atoms with Crippen molar-refractivity contribution in [2.75, 3.05) is 14.1 Å². The van der Waals surface area contributed by atoms with E-state index >= 15 is 0 Å². The first-order valence-corrected chi connectivity index (χ1v) is 6.88. The molecule has 0 aromatic carbocycles. The van der Waals surface area contributed by atoms with Crippen LogP contribution in [0.2, 0.25) is 0 Å². The Morgan fingerprint density at radius 1 is 1.44 bits per heavy atom. The number of rotatable bonds is 7. The van der Waals surface area contributed by atoms with E-state index in [1.165, 1.54) is 0 Å². The van der Waals surface area contributed by atoms with Crippen LogP contribution < -0.4 is 5.73 Å². The van der Waals surface area contributed by atoms with Gasteiger partial charge in [0.05, 0.1) is 0 Å². The number of aromatic nitrogens is 2. The fourth-order valence-corrected chi connectivity index (χ4v) is 2.30. The maximum atomic E-state index is 6.42. The van der Waals surface area contributed by atoms with Gasteiger partial charge in [-0.1, -0.05) is 13.8 Å². The molecule has 4 nitrogen and oxygen atoms in total. The Morgan fingerprint density at radius 3 is 2.61 bits per heavy atom. The highest BCUT2D eigenvalue weighted by molar-refractivity contribution is 5.02. The summed E-state index contributed by atoms with van der Waals surface area (Å²) in [6.45, 7) is 7.62. The highest BCUT2D eigenvalue weighted by atomic mass is 15.2. The van der Waals surface area contributed by atoms with Crippen molar-refractivity contribution >= 4 is 0 Å². The standard InChI is InChI=1S/C14H28N4/c1-6-9-18-10-8-16-13(18)11-12(15)14(3,7-2)17(4)5/h8,10,12H,6-7,9,11,15H2,1-5H3. The molecule has 0 aliphatic heterocycles. The molecule has 0 bridgehead atoms. The van der Waals surface area contributed by atoms with Gasteiger partial charge >= 0.3 is 0 Å². The molecule has 1 aromatic rings. The average molecular weight is 252 g/mol. The third-order valence-corrected chi connectivity index (χ3v) is 4.20. The summed E-state index contributed by atoms with van der Waals surface area (Å²) in [6, 6.07) is 0.0931. The van der Waals surface area contributed by atoms with Gasteiger partial charge in [-0.25, -0.2) is 4.98 Å². The van der Waals surface area contributed by atoms with E-state index in [4.69, 9.17) is 5.73 Å². The highest BCUT2D eigenvalue weighted by Crippen LogP contribution is 2.22. The molecule has 1 heterocycles. The van der Waals surface area contributed by atoms with Gasteiger partial charge in [-0.05, 0) is 33.9 Å². The lowest BCUT2D eigenvalue weighted by Gasteiger charge is -2.40. The van der Waals surface area contributed by atoms with Crippen LogP contribution in [0.4, 0.5) is 0 Å². The number of aryl methyl sites for hydroxylation is 1. The Hall–Kier alpha value is -0.870. The average Bonchev–Trinajstić information content (AvgIpc) is 2.75. The van der Waals surface area contributed by atoms with Gasteiger partial charge in [-0.15, -0.1) is 0 Å². The van der Waals surface area contributed by atoms with Gasteiger partial charge < -0.3 is 15.2 Å². The molecule has 1 aromatic heterocycles. The van der Waals surface area contributed by atoms with E-state index in [0.29, 0.717) is 0 Å². The van der Waals surface area contributed by atoms with Gasteiger partial charge in [0.25, 0.3) is 0 Å². The smallest absolute Gasteiger partial charge is 0.110 e. The maximum absolute atomic E-state index is 6.42. The number of nitrogens with zero attached hydrogens (tertiary/aromatic N) is 3. The SMILES string of the molecule is CCCn1ccnc1CC(N)C(C)(CC)N(C)C. The predicted octanol–water partition coefficient (Wildman–Crippen LogP) is 1.89. The third-order valence-electron chi connectivity index (χ3n) is 4.20. The van der Waals surface area contributed by atoms with E-state index in [0.717, 1.165) is 31.6 Å². The molecular formula is C14H28N4. The third kappa shape index (κ3) is 3.12. The summed E-state index contributed by atoms with van der Waals surface area (Å²) in [4.78, 5) is 6.67. The van der Waals surface area contributed by atoms with Crippen molar-refractivity contribution in [1.82, 2.24) is 14.5 Å². The second-order valence-electron chi connectivity index (χ2n) is 5.45. The van der Waals surface area contributed by atoms with Gasteiger partial charge in [-0.2, -0.15) is 0 Å². The van der Waals surface area contributed by atoms with Crippen molar-refractivity contribution in [1.29, 1.82) is 0 Å². The van der Waals surface area contributed by atoms with E-state index in [2.05, 4.69) is 49.3 Å². The van der Waals surface area contributed by atoms with Crippen LogP contribution in [0.1, 0.15) is 39.4 Å². The molecule has 0 amide bonds. The number of hydrogen-bond acceptors (Lipinski definition) is 3. The fraction of sp³-hybridized carbons (Fsp3) is 0.786. The van der Waals surface area contributed by atoms with Crippen molar-refractivity contribution in [3.05, 3.63) is 18.2 Å². The second kappa shape index (κ2) is 6.34. The lowest BCUT2D eigenvalue weighted by Crippen LogP contribution is -2.56. The zero-order chi connectivity index (χ0) is 13.8. The molecule has 0 saturated carbocycles. The van der Waals surface area contributed by atoms with Gasteiger partial charge in [0.1, 0.15) is 5.82 Å². The minimum Gasteiger partial charge on any atom is -0.335 e. The first-order valence-electron chi connectivity index (χ1n) is 6.88. The van der Waals surface area contributed by atoms with E-state index < -0.39 is 0 Å². The molecule has 104 valence electrons. The van der Waals surface area contributed by atoms with Crippen molar-refractivity contribution < 1.29 is 0 Å². The molecule has 1 rings (SSSR count). The van der Waals surface area contributed by atoms with E-state index in [-0.39, 0.29) is 11.6 Å². The van der Waals surface area contributed by atoms with Crippen LogP contribution in [0.3, 0.4) is 0 Å². The molecule has 0 aliphatic carbocycles. The molecule has 2 unspecified atom stereocenters. The topological polar surface area (TPSA) is 47.1 Å². The van der Waals surface area contributed by atoms with Gasteiger partial charge in [0.2, 0.25) is 0 Å². The van der Waals surface area contributed by atoms with Crippen LogP contribution in [0.5, 0.6) is 0 Å². The zero-order valence-corrected chi connectivity index (χ0v) is 12.5. The van der Waals surface area contributed by atoms with Crippen LogP contribution >= 0.6 is 0 Å². The Morgan fingerprint density at radius 2 is 2.11 bits per heavy atom. The zero-order valence-electron chi connectivity index (χ0n) is 12.5. The monoisotopic (exact) mass is 252 g/mol. The normalized spacial score (nSPS) is 16.8. The minimum absolute atomic E-state index is 0.0169. The van der Waals surface area contributed by atoms with Crippen molar-refractivity contribution in [3.63, 3.8) is 0 Å². The van der Waals surface area contributed by atoms with Crippen LogP contribution in [-0.4, -0.2) is 40.1 Å². The molecule has 0 radical (unpaired) electrons. The molecule has 18 heavy (non-hydrogen) atoms. The predicted molar refractivity (Wildman–Crippen MR) is 76.6 cm³/mol. The number of likely N-dealkylation sites (N-methyl/N-ethyl adjacent to an activating group) is 1. The van der Waals surface area contributed by atoms with Crippen molar-refractivity contribution in [2.45, 2.75) is 58.2 Å². The molecule has 2 N–H and O–H groups in total. The first-order chi connectivity index (χ1) is 8.45. The van der Waals surface area contributed by atoms with E-state index in [1.54, 1.807) is 0 Å². The molecule has 0 fully saturated rings. The minimum atomic E-state index is 0.0169. The number of hydrogen-bond donors (Lipinski definition) is 1. The number of nitrogens with two attached hydrogens (primary N) is 1. The molecule has 0 spiro atoms. The first kappa shape index (κ1) is 15.2. The summed E-state index contributed by atoms with van der Waals surface area (Å²) < 4.78 is 2.21. The van der Waals surface area contributed by atoms with Gasteiger partial charge in [0.15, 0.2) is 0 Å². The van der Waals surface area contributed by atoms with Crippen molar-refractivity contribution in [2.24, 2.45) is 5.73 Å².